The summed E-state index contributed by atoms with van der Waals surface area (Å²) >= 11 is 0. The fourth-order valence-electron chi connectivity index (χ4n) is 3.57. The Morgan fingerprint density at radius 1 is 1.38 bits per heavy atom. The summed E-state index contributed by atoms with van der Waals surface area (Å²) in [5.74, 6) is 1.53. The van der Waals surface area contributed by atoms with E-state index in [1.165, 1.54) is 5.56 Å². The number of hydrogen-bond donors (Lipinski definition) is 2. The minimum absolute atomic E-state index is 0.0640. The first-order valence-electron chi connectivity index (χ1n) is 8.95. The van der Waals surface area contributed by atoms with Crippen LogP contribution in [0, 0.1) is 5.92 Å². The quantitative estimate of drug-likeness (QED) is 0.830. The molecular formula is C20H22N2O4. The summed E-state index contributed by atoms with van der Waals surface area (Å²) in [7, 11) is 0. The Balaban J connectivity index is 1.44. The highest BCUT2D eigenvalue weighted by Crippen LogP contribution is 2.39. The van der Waals surface area contributed by atoms with E-state index in [1.807, 2.05) is 12.1 Å². The van der Waals surface area contributed by atoms with E-state index in [9.17, 15) is 9.90 Å². The molecule has 1 aliphatic carbocycles. The van der Waals surface area contributed by atoms with Crippen LogP contribution in [0.1, 0.15) is 30.0 Å². The molecule has 1 aromatic carbocycles. The van der Waals surface area contributed by atoms with Crippen LogP contribution < -0.4 is 14.8 Å². The van der Waals surface area contributed by atoms with Crippen LogP contribution in [0.4, 0.5) is 0 Å². The van der Waals surface area contributed by atoms with Crippen molar-refractivity contribution in [3.8, 4) is 11.5 Å². The fraction of sp³-hybridized carbons (Fsp3) is 0.400. The van der Waals surface area contributed by atoms with Crippen LogP contribution in [0.3, 0.4) is 0 Å². The Hall–Kier alpha value is -2.60. The van der Waals surface area contributed by atoms with Gasteiger partial charge < -0.3 is 19.9 Å². The maximum absolute atomic E-state index is 12.4. The fourth-order valence-corrected chi connectivity index (χ4v) is 3.57. The molecule has 1 amide bonds. The Kier molecular flexibility index (Phi) is 4.75. The number of carbonyl (C=O) groups is 1. The predicted octanol–water partition coefficient (Wildman–Crippen LogP) is 2.02. The van der Waals surface area contributed by atoms with Crippen LogP contribution in [-0.4, -0.2) is 35.3 Å². The summed E-state index contributed by atoms with van der Waals surface area (Å²) in [5.41, 5.74) is 2.23. The van der Waals surface area contributed by atoms with Gasteiger partial charge in [0.05, 0.1) is 24.9 Å². The van der Waals surface area contributed by atoms with Crippen LogP contribution in [0.5, 0.6) is 11.5 Å². The number of hydrogen-bond acceptors (Lipinski definition) is 5. The first-order valence-corrected chi connectivity index (χ1v) is 8.95. The number of rotatable bonds is 6. The Labute approximate surface area is 152 Å². The van der Waals surface area contributed by atoms with E-state index < -0.39 is 0 Å². The number of pyridine rings is 1. The van der Waals surface area contributed by atoms with Crippen LogP contribution in [-0.2, 0) is 11.2 Å². The molecule has 26 heavy (non-hydrogen) atoms. The van der Waals surface area contributed by atoms with Crippen molar-refractivity contribution >= 4 is 5.91 Å². The molecule has 1 fully saturated rings. The third-order valence-corrected chi connectivity index (χ3v) is 5.01. The molecule has 4 rings (SSSR count). The molecule has 0 spiro atoms. The van der Waals surface area contributed by atoms with Crippen molar-refractivity contribution in [3.05, 3.63) is 53.9 Å². The van der Waals surface area contributed by atoms with Gasteiger partial charge in [-0.25, -0.2) is 0 Å². The minimum atomic E-state index is -0.274. The summed E-state index contributed by atoms with van der Waals surface area (Å²) < 4.78 is 11.1. The average Bonchev–Trinajstić information content (AvgIpc) is 3.11. The number of ether oxygens (including phenoxy) is 2. The zero-order valence-corrected chi connectivity index (χ0v) is 14.4. The molecule has 0 bridgehead atoms. The highest BCUT2D eigenvalue weighted by molar-refractivity contribution is 5.78. The van der Waals surface area contributed by atoms with E-state index in [1.54, 1.807) is 24.5 Å². The standard InChI is InChI=1S/C20H22N2O4/c23-16-9-15(10-16)20(14-3-4-18-13(8-14)5-7-25-18)22-19(24)12-26-17-2-1-6-21-11-17/h1-4,6,8,11,15-16,20,23H,5,7,9-10,12H2,(H,22,24)/t15?,16?,20-/m0/s1. The Bertz CT molecular complexity index is 775. The molecule has 6 heteroatoms. The molecule has 0 unspecified atom stereocenters. The molecule has 2 heterocycles. The van der Waals surface area contributed by atoms with Gasteiger partial charge in [0.1, 0.15) is 11.5 Å². The van der Waals surface area contributed by atoms with Gasteiger partial charge in [-0.3, -0.25) is 9.78 Å². The van der Waals surface area contributed by atoms with Gasteiger partial charge in [-0.2, -0.15) is 0 Å². The third-order valence-electron chi connectivity index (χ3n) is 5.01. The van der Waals surface area contributed by atoms with E-state index >= 15 is 0 Å². The number of carbonyl (C=O) groups excluding carboxylic acids is 1. The lowest BCUT2D eigenvalue weighted by atomic mass is 9.75. The number of aromatic nitrogens is 1. The number of aliphatic hydroxyl groups excluding tert-OH is 1. The summed E-state index contributed by atoms with van der Waals surface area (Å²) in [6, 6.07) is 9.48. The van der Waals surface area contributed by atoms with Crippen molar-refractivity contribution in [2.75, 3.05) is 13.2 Å². The maximum atomic E-state index is 12.4. The predicted molar refractivity (Wildman–Crippen MR) is 95.0 cm³/mol. The number of benzene rings is 1. The first kappa shape index (κ1) is 16.8. The first-order chi connectivity index (χ1) is 12.7. The smallest absolute Gasteiger partial charge is 0.258 e. The van der Waals surface area contributed by atoms with Gasteiger partial charge in [0, 0.05) is 12.6 Å². The maximum Gasteiger partial charge on any atom is 0.258 e. The number of aliphatic hydroxyl groups is 1. The molecule has 1 aromatic heterocycles. The molecule has 2 aliphatic rings. The number of nitrogens with zero attached hydrogens (tertiary/aromatic N) is 1. The van der Waals surface area contributed by atoms with Crippen LogP contribution in [0.15, 0.2) is 42.7 Å². The number of amides is 1. The van der Waals surface area contributed by atoms with Crippen LogP contribution >= 0.6 is 0 Å². The van der Waals surface area contributed by atoms with Gasteiger partial charge >= 0.3 is 0 Å². The topological polar surface area (TPSA) is 80.7 Å². The number of nitrogens with one attached hydrogen (secondary N) is 1. The zero-order chi connectivity index (χ0) is 17.9. The van der Waals surface area contributed by atoms with Gasteiger partial charge in [0.2, 0.25) is 0 Å². The molecule has 136 valence electrons. The van der Waals surface area contributed by atoms with E-state index in [0.29, 0.717) is 25.2 Å². The molecule has 1 saturated carbocycles. The summed E-state index contributed by atoms with van der Waals surface area (Å²) in [5, 5.41) is 12.8. The summed E-state index contributed by atoms with van der Waals surface area (Å²) in [4.78, 5) is 16.4. The van der Waals surface area contributed by atoms with Gasteiger partial charge in [-0.1, -0.05) is 6.07 Å². The summed E-state index contributed by atoms with van der Waals surface area (Å²) in [6.45, 7) is 0.641. The highest BCUT2D eigenvalue weighted by Gasteiger charge is 2.36. The monoisotopic (exact) mass is 354 g/mol. The second kappa shape index (κ2) is 7.33. The second-order valence-corrected chi connectivity index (χ2v) is 6.87. The van der Waals surface area contributed by atoms with Crippen molar-refractivity contribution in [3.63, 3.8) is 0 Å². The summed E-state index contributed by atoms with van der Waals surface area (Å²) in [6.07, 6.45) is 5.24. The SMILES string of the molecule is O=C(COc1cccnc1)N[C@@H](c1ccc2c(c1)CCO2)C1CC(O)C1. The van der Waals surface area contributed by atoms with E-state index in [0.717, 1.165) is 17.7 Å². The largest absolute Gasteiger partial charge is 0.493 e. The normalized spacial score (nSPS) is 21.9. The Morgan fingerprint density at radius 3 is 3.04 bits per heavy atom. The van der Waals surface area contributed by atoms with E-state index in [2.05, 4.69) is 16.4 Å². The molecule has 1 aliphatic heterocycles. The molecule has 1 atom stereocenters. The molecular weight excluding hydrogens is 332 g/mol. The van der Waals surface area contributed by atoms with Gasteiger partial charge in [-0.15, -0.1) is 0 Å². The minimum Gasteiger partial charge on any atom is -0.493 e. The van der Waals surface area contributed by atoms with Crippen LogP contribution in [0.25, 0.3) is 0 Å². The van der Waals surface area contributed by atoms with Gasteiger partial charge in [0.15, 0.2) is 6.61 Å². The van der Waals surface area contributed by atoms with Crippen molar-refractivity contribution in [1.29, 1.82) is 0 Å². The molecule has 2 aromatic rings. The van der Waals surface area contributed by atoms with Crippen molar-refractivity contribution in [2.24, 2.45) is 5.92 Å². The second-order valence-electron chi connectivity index (χ2n) is 6.87. The van der Waals surface area contributed by atoms with Gasteiger partial charge in [-0.05, 0) is 54.2 Å². The lowest BCUT2D eigenvalue weighted by molar-refractivity contribution is -0.125. The van der Waals surface area contributed by atoms with Crippen molar-refractivity contribution in [1.82, 2.24) is 10.3 Å². The van der Waals surface area contributed by atoms with Crippen molar-refractivity contribution in [2.45, 2.75) is 31.4 Å². The van der Waals surface area contributed by atoms with E-state index in [-0.39, 0.29) is 30.6 Å². The van der Waals surface area contributed by atoms with Gasteiger partial charge in [0.25, 0.3) is 5.91 Å². The third kappa shape index (κ3) is 3.65. The highest BCUT2D eigenvalue weighted by atomic mass is 16.5. The van der Waals surface area contributed by atoms with Crippen molar-refractivity contribution < 1.29 is 19.4 Å². The molecule has 0 radical (unpaired) electrons. The molecule has 6 nitrogen and oxygen atoms in total. The van der Waals surface area contributed by atoms with E-state index in [4.69, 9.17) is 9.47 Å². The van der Waals surface area contributed by atoms with Crippen LogP contribution in [0.2, 0.25) is 0 Å². The molecule has 2 N–H and O–H groups in total. The number of fused-ring (bicyclic) bond motifs is 1. The Morgan fingerprint density at radius 2 is 2.27 bits per heavy atom. The lowest BCUT2D eigenvalue weighted by Gasteiger charge is -2.38. The zero-order valence-electron chi connectivity index (χ0n) is 14.4. The average molecular weight is 354 g/mol. The molecule has 0 saturated heterocycles. The lowest BCUT2D eigenvalue weighted by Crippen LogP contribution is -2.42.